The zero-order valence-corrected chi connectivity index (χ0v) is 16.5. The molecule has 9 nitrogen and oxygen atoms in total. The molecule has 0 fully saturated rings. The molecule has 0 aliphatic carbocycles. The van der Waals surface area contributed by atoms with E-state index in [0.717, 1.165) is 12.1 Å². The van der Waals surface area contributed by atoms with E-state index in [1.807, 2.05) is 17.8 Å². The average Bonchev–Trinajstić information content (AvgIpc) is 3.49. The number of carbonyl (C=O) groups is 1. The fourth-order valence-electron chi connectivity index (χ4n) is 2.95. The summed E-state index contributed by atoms with van der Waals surface area (Å²) in [7, 11) is 0. The summed E-state index contributed by atoms with van der Waals surface area (Å²) in [6.45, 7) is 0.455. The molecule has 0 spiro atoms. The second-order valence-electron chi connectivity index (χ2n) is 6.65. The van der Waals surface area contributed by atoms with E-state index < -0.39 is 6.61 Å². The molecule has 3 aromatic heterocycles. The highest BCUT2D eigenvalue weighted by Gasteiger charge is 2.13. The Kier molecular flexibility index (Phi) is 5.74. The van der Waals surface area contributed by atoms with E-state index in [4.69, 9.17) is 0 Å². The van der Waals surface area contributed by atoms with Crippen molar-refractivity contribution in [2.24, 2.45) is 0 Å². The lowest BCUT2D eigenvalue weighted by molar-refractivity contribution is -0.0498. The molecule has 0 saturated heterocycles. The molecule has 0 saturated carbocycles. The van der Waals surface area contributed by atoms with E-state index >= 15 is 0 Å². The van der Waals surface area contributed by atoms with Crippen molar-refractivity contribution in [1.29, 1.82) is 0 Å². The van der Waals surface area contributed by atoms with Gasteiger partial charge in [-0.05, 0) is 37.3 Å². The van der Waals surface area contributed by atoms with Crippen molar-refractivity contribution < 1.29 is 18.3 Å². The van der Waals surface area contributed by atoms with Crippen molar-refractivity contribution in [3.8, 4) is 17.0 Å². The molecule has 0 aliphatic heterocycles. The number of aromatic amines is 1. The van der Waals surface area contributed by atoms with Crippen LogP contribution in [-0.2, 0) is 13.1 Å². The monoisotopic (exact) mass is 427 g/mol. The summed E-state index contributed by atoms with van der Waals surface area (Å²) in [6.07, 6.45) is 7.00. The zero-order valence-electron chi connectivity index (χ0n) is 16.5. The standard InChI is InChI=1S/C20H19F2N7O2/c1-2-28-10-13(8-23-28)11-29-12-15(9-24-29)25-19(30)18-7-17(26-27-18)14-3-5-16(6-4-14)31-20(21)22/h3-10,12,20H,2,11H2,1H3,(H,25,30)(H,26,27). The van der Waals surface area contributed by atoms with Gasteiger partial charge in [-0.25, -0.2) is 0 Å². The Labute approximate surface area is 175 Å². The molecule has 2 N–H and O–H groups in total. The van der Waals surface area contributed by atoms with Gasteiger partial charge in [0, 0.05) is 30.1 Å². The second kappa shape index (κ2) is 8.78. The Balaban J connectivity index is 1.38. The first kappa shape index (κ1) is 20.3. The molecule has 3 heterocycles. The second-order valence-corrected chi connectivity index (χ2v) is 6.65. The van der Waals surface area contributed by atoms with E-state index in [9.17, 15) is 13.6 Å². The summed E-state index contributed by atoms with van der Waals surface area (Å²) in [5.41, 5.74) is 2.94. The van der Waals surface area contributed by atoms with Crippen molar-refractivity contribution in [3.63, 3.8) is 0 Å². The SMILES string of the molecule is CCn1cc(Cn2cc(NC(=O)c3cc(-c4ccc(OC(F)F)cc4)n[nH]3)cn2)cn1. The van der Waals surface area contributed by atoms with Crippen LogP contribution in [0.4, 0.5) is 14.5 Å². The smallest absolute Gasteiger partial charge is 0.387 e. The van der Waals surface area contributed by atoms with Crippen molar-refractivity contribution in [3.05, 3.63) is 66.4 Å². The van der Waals surface area contributed by atoms with Crippen LogP contribution in [0.25, 0.3) is 11.3 Å². The maximum atomic E-state index is 12.5. The molecule has 31 heavy (non-hydrogen) atoms. The lowest BCUT2D eigenvalue weighted by Gasteiger charge is -2.04. The largest absolute Gasteiger partial charge is 0.435 e. The molecule has 1 amide bonds. The molecular weight excluding hydrogens is 408 g/mol. The first-order valence-electron chi connectivity index (χ1n) is 9.46. The first-order valence-corrected chi connectivity index (χ1v) is 9.46. The molecule has 0 bridgehead atoms. The van der Waals surface area contributed by atoms with Crippen LogP contribution in [0.3, 0.4) is 0 Å². The number of nitrogens with one attached hydrogen (secondary N) is 2. The predicted octanol–water partition coefficient (Wildman–Crippen LogP) is 3.39. The summed E-state index contributed by atoms with van der Waals surface area (Å²) in [5.74, 6) is -0.332. The molecule has 0 unspecified atom stereocenters. The van der Waals surface area contributed by atoms with Gasteiger partial charge in [0.1, 0.15) is 11.4 Å². The lowest BCUT2D eigenvalue weighted by atomic mass is 10.1. The quantitative estimate of drug-likeness (QED) is 0.449. The van der Waals surface area contributed by atoms with Crippen LogP contribution in [0.15, 0.2) is 55.1 Å². The van der Waals surface area contributed by atoms with Gasteiger partial charge >= 0.3 is 6.61 Å². The summed E-state index contributed by atoms with van der Waals surface area (Å²) in [5, 5.41) is 18.0. The topological polar surface area (TPSA) is 103 Å². The number of aryl methyl sites for hydroxylation is 1. The third-order valence-corrected chi connectivity index (χ3v) is 4.44. The molecule has 11 heteroatoms. The third-order valence-electron chi connectivity index (χ3n) is 4.44. The van der Waals surface area contributed by atoms with Crippen LogP contribution in [0.1, 0.15) is 23.0 Å². The van der Waals surface area contributed by atoms with Crippen molar-refractivity contribution in [1.82, 2.24) is 29.8 Å². The first-order chi connectivity index (χ1) is 15.0. The van der Waals surface area contributed by atoms with Gasteiger partial charge in [0.05, 0.1) is 30.3 Å². The fourth-order valence-corrected chi connectivity index (χ4v) is 2.95. The summed E-state index contributed by atoms with van der Waals surface area (Å²) in [4.78, 5) is 12.5. The number of alkyl halides is 2. The molecule has 0 aliphatic rings. The lowest BCUT2D eigenvalue weighted by Crippen LogP contribution is -2.11. The normalized spacial score (nSPS) is 11.1. The van der Waals surface area contributed by atoms with Crippen LogP contribution in [0.5, 0.6) is 5.75 Å². The van der Waals surface area contributed by atoms with Crippen molar-refractivity contribution in [2.45, 2.75) is 26.6 Å². The number of H-pyrrole nitrogens is 1. The minimum Gasteiger partial charge on any atom is -0.435 e. The van der Waals surface area contributed by atoms with Crippen LogP contribution in [0, 0.1) is 0 Å². The predicted molar refractivity (Wildman–Crippen MR) is 108 cm³/mol. The number of hydrogen-bond acceptors (Lipinski definition) is 5. The van der Waals surface area contributed by atoms with Crippen LogP contribution in [-0.4, -0.2) is 42.3 Å². The molecular formula is C20H19F2N7O2. The Bertz CT molecular complexity index is 1160. The summed E-state index contributed by atoms with van der Waals surface area (Å²) in [6, 6.07) is 7.56. The van der Waals surface area contributed by atoms with E-state index in [1.165, 1.54) is 12.1 Å². The van der Waals surface area contributed by atoms with Crippen LogP contribution < -0.4 is 10.1 Å². The van der Waals surface area contributed by atoms with Crippen LogP contribution in [0.2, 0.25) is 0 Å². The number of hydrogen-bond donors (Lipinski definition) is 2. The van der Waals surface area contributed by atoms with Gasteiger partial charge < -0.3 is 10.1 Å². The Hall–Kier alpha value is -4.02. The molecule has 1 aromatic carbocycles. The maximum Gasteiger partial charge on any atom is 0.387 e. The molecule has 4 rings (SSSR count). The number of aromatic nitrogens is 6. The number of ether oxygens (including phenoxy) is 1. The number of benzene rings is 1. The number of amides is 1. The Morgan fingerprint density at radius 3 is 2.65 bits per heavy atom. The summed E-state index contributed by atoms with van der Waals surface area (Å²) >= 11 is 0. The van der Waals surface area contributed by atoms with Crippen molar-refractivity contribution >= 4 is 11.6 Å². The van der Waals surface area contributed by atoms with Crippen molar-refractivity contribution in [2.75, 3.05) is 5.32 Å². The van der Waals surface area contributed by atoms with Gasteiger partial charge in [0.25, 0.3) is 5.91 Å². The van der Waals surface area contributed by atoms with Crippen LogP contribution >= 0.6 is 0 Å². The van der Waals surface area contributed by atoms with E-state index in [0.29, 0.717) is 23.5 Å². The minimum absolute atomic E-state index is 0.0475. The molecule has 160 valence electrons. The number of halogens is 2. The molecule has 0 atom stereocenters. The van der Waals surface area contributed by atoms with E-state index in [-0.39, 0.29) is 17.4 Å². The molecule has 4 aromatic rings. The van der Waals surface area contributed by atoms with Gasteiger partial charge in [0.15, 0.2) is 0 Å². The maximum absolute atomic E-state index is 12.5. The number of anilines is 1. The van der Waals surface area contributed by atoms with Gasteiger partial charge in [-0.2, -0.15) is 24.1 Å². The minimum atomic E-state index is -2.88. The number of rotatable bonds is 8. The zero-order chi connectivity index (χ0) is 21.8. The fraction of sp³-hybridized carbons (Fsp3) is 0.200. The number of carbonyl (C=O) groups excluding carboxylic acids is 1. The average molecular weight is 427 g/mol. The van der Waals surface area contributed by atoms with Gasteiger partial charge in [-0.1, -0.05) is 0 Å². The van der Waals surface area contributed by atoms with Gasteiger partial charge in [-0.15, -0.1) is 0 Å². The molecule has 0 radical (unpaired) electrons. The Morgan fingerprint density at radius 2 is 1.94 bits per heavy atom. The third kappa shape index (κ3) is 4.94. The highest BCUT2D eigenvalue weighted by Crippen LogP contribution is 2.22. The highest BCUT2D eigenvalue weighted by atomic mass is 19.3. The summed E-state index contributed by atoms with van der Waals surface area (Å²) < 4.78 is 32.4. The van der Waals surface area contributed by atoms with Gasteiger partial charge in [0.2, 0.25) is 0 Å². The highest BCUT2D eigenvalue weighted by molar-refractivity contribution is 6.03. The Morgan fingerprint density at radius 1 is 1.16 bits per heavy atom. The number of nitrogens with zero attached hydrogens (tertiary/aromatic N) is 5. The van der Waals surface area contributed by atoms with E-state index in [1.54, 1.807) is 41.5 Å². The van der Waals surface area contributed by atoms with Gasteiger partial charge in [-0.3, -0.25) is 19.3 Å². The van der Waals surface area contributed by atoms with E-state index in [2.05, 4.69) is 30.4 Å².